The molecule has 0 saturated heterocycles. The molecule has 4 atom stereocenters. The smallest absolute Gasteiger partial charge is 0.0196 e. The van der Waals surface area contributed by atoms with Crippen LogP contribution in [-0.2, 0) is 0 Å². The van der Waals surface area contributed by atoms with Crippen LogP contribution in [0, 0.1) is 23.7 Å². The minimum absolute atomic E-state index is 1.02. The standard InChI is InChI=1S/C9H12/c1-2-7-5-6(1)8-3-4-9(7)8/h1-2,6-9H,3-5H2. The molecule has 0 heteroatoms. The highest BCUT2D eigenvalue weighted by atomic mass is 14.5. The average molecular weight is 120 g/mol. The molecule has 0 spiro atoms. The highest BCUT2D eigenvalue weighted by Gasteiger charge is 2.48. The molecule has 48 valence electrons. The fourth-order valence-corrected chi connectivity index (χ4v) is 3.01. The summed E-state index contributed by atoms with van der Waals surface area (Å²) in [5, 5.41) is 0. The van der Waals surface area contributed by atoms with Gasteiger partial charge in [-0.25, -0.2) is 0 Å². The van der Waals surface area contributed by atoms with Crippen LogP contribution in [0.15, 0.2) is 12.2 Å². The molecule has 3 rings (SSSR count). The van der Waals surface area contributed by atoms with E-state index in [-0.39, 0.29) is 0 Å². The van der Waals surface area contributed by atoms with Crippen LogP contribution < -0.4 is 0 Å². The minimum atomic E-state index is 1.02. The zero-order valence-electron chi connectivity index (χ0n) is 5.59. The number of hydrogen-bond donors (Lipinski definition) is 0. The molecule has 0 aromatic rings. The van der Waals surface area contributed by atoms with Crippen molar-refractivity contribution < 1.29 is 0 Å². The van der Waals surface area contributed by atoms with Crippen LogP contribution in [0.25, 0.3) is 0 Å². The van der Waals surface area contributed by atoms with Gasteiger partial charge >= 0.3 is 0 Å². The molecule has 0 heterocycles. The fraction of sp³-hybridized carbons (Fsp3) is 0.778. The summed E-state index contributed by atoms with van der Waals surface area (Å²) in [6.07, 6.45) is 9.51. The van der Waals surface area contributed by atoms with Gasteiger partial charge in [-0.15, -0.1) is 0 Å². The molecule has 2 saturated carbocycles. The van der Waals surface area contributed by atoms with E-state index in [0.29, 0.717) is 0 Å². The number of fused-ring (bicyclic) bond motifs is 5. The molecule has 0 aliphatic heterocycles. The summed E-state index contributed by atoms with van der Waals surface area (Å²) in [5.41, 5.74) is 0. The largest absolute Gasteiger partial charge is 0.0848 e. The third kappa shape index (κ3) is 0.385. The second-order valence-electron chi connectivity index (χ2n) is 3.85. The Morgan fingerprint density at radius 2 is 1.44 bits per heavy atom. The monoisotopic (exact) mass is 120 g/mol. The zero-order valence-corrected chi connectivity index (χ0v) is 5.59. The molecular formula is C9H12. The normalized spacial score (nSPS) is 59.6. The molecule has 0 radical (unpaired) electrons. The molecule has 0 aromatic carbocycles. The van der Waals surface area contributed by atoms with Gasteiger partial charge in [-0.1, -0.05) is 12.2 Å². The molecule has 0 amide bonds. The van der Waals surface area contributed by atoms with Crippen molar-refractivity contribution in [2.45, 2.75) is 19.3 Å². The Morgan fingerprint density at radius 1 is 0.889 bits per heavy atom. The van der Waals surface area contributed by atoms with Gasteiger partial charge in [0.1, 0.15) is 0 Å². The van der Waals surface area contributed by atoms with Gasteiger partial charge in [-0.05, 0) is 42.9 Å². The number of rotatable bonds is 0. The topological polar surface area (TPSA) is 0 Å². The second kappa shape index (κ2) is 1.25. The fourth-order valence-electron chi connectivity index (χ4n) is 3.01. The minimum Gasteiger partial charge on any atom is -0.0848 e. The van der Waals surface area contributed by atoms with Gasteiger partial charge < -0.3 is 0 Å². The quantitative estimate of drug-likeness (QED) is 0.430. The van der Waals surface area contributed by atoms with E-state index >= 15 is 0 Å². The van der Waals surface area contributed by atoms with Gasteiger partial charge in [0.15, 0.2) is 0 Å². The van der Waals surface area contributed by atoms with Crippen LogP contribution >= 0.6 is 0 Å². The second-order valence-corrected chi connectivity index (χ2v) is 3.85. The predicted molar refractivity (Wildman–Crippen MR) is 37.0 cm³/mol. The molecular weight excluding hydrogens is 108 g/mol. The van der Waals surface area contributed by atoms with Gasteiger partial charge in [0.25, 0.3) is 0 Å². The van der Waals surface area contributed by atoms with Crippen molar-refractivity contribution in [2.24, 2.45) is 23.7 Å². The third-order valence-corrected chi connectivity index (χ3v) is 3.63. The maximum atomic E-state index is 2.46. The van der Waals surface area contributed by atoms with Gasteiger partial charge in [0, 0.05) is 0 Å². The van der Waals surface area contributed by atoms with E-state index in [2.05, 4.69) is 12.2 Å². The SMILES string of the molecule is C1=CC2CC1C1CCC21. The van der Waals surface area contributed by atoms with Crippen LogP contribution in [0.1, 0.15) is 19.3 Å². The van der Waals surface area contributed by atoms with Gasteiger partial charge in [-0.2, -0.15) is 0 Å². The maximum absolute atomic E-state index is 2.46. The summed E-state index contributed by atoms with van der Waals surface area (Å²) in [4.78, 5) is 0. The molecule has 0 nitrogen and oxygen atoms in total. The first kappa shape index (κ1) is 4.54. The average Bonchev–Trinajstić information content (AvgIpc) is 2.18. The van der Waals surface area contributed by atoms with Gasteiger partial charge in [-0.3, -0.25) is 0 Å². The van der Waals surface area contributed by atoms with Crippen LogP contribution in [0.2, 0.25) is 0 Å². The number of hydrogen-bond acceptors (Lipinski definition) is 0. The molecule has 3 aliphatic carbocycles. The van der Waals surface area contributed by atoms with Gasteiger partial charge in [0.05, 0.1) is 0 Å². The van der Waals surface area contributed by atoms with Crippen molar-refractivity contribution in [3.05, 3.63) is 12.2 Å². The zero-order chi connectivity index (χ0) is 5.84. The van der Waals surface area contributed by atoms with Crippen molar-refractivity contribution in [1.82, 2.24) is 0 Å². The Hall–Kier alpha value is -0.260. The van der Waals surface area contributed by atoms with Crippen molar-refractivity contribution in [3.8, 4) is 0 Å². The van der Waals surface area contributed by atoms with E-state index in [1.165, 1.54) is 19.3 Å². The molecule has 2 bridgehead atoms. The molecule has 4 unspecified atom stereocenters. The highest BCUT2D eigenvalue weighted by Crippen LogP contribution is 2.57. The van der Waals surface area contributed by atoms with E-state index < -0.39 is 0 Å². The lowest BCUT2D eigenvalue weighted by atomic mass is 9.68. The highest BCUT2D eigenvalue weighted by molar-refractivity contribution is 5.16. The summed E-state index contributed by atoms with van der Waals surface area (Å²) in [7, 11) is 0. The van der Waals surface area contributed by atoms with Gasteiger partial charge in [0.2, 0.25) is 0 Å². The van der Waals surface area contributed by atoms with Crippen molar-refractivity contribution >= 4 is 0 Å². The van der Waals surface area contributed by atoms with E-state index in [1.54, 1.807) is 0 Å². The Balaban J connectivity index is 2.03. The van der Waals surface area contributed by atoms with Crippen molar-refractivity contribution in [1.29, 1.82) is 0 Å². The number of allylic oxidation sites excluding steroid dienone is 2. The lowest BCUT2D eigenvalue weighted by molar-refractivity contribution is 0.162. The lowest BCUT2D eigenvalue weighted by Crippen LogP contribution is -2.28. The molecule has 9 heavy (non-hydrogen) atoms. The van der Waals surface area contributed by atoms with Crippen molar-refractivity contribution in [2.75, 3.05) is 0 Å². The summed E-state index contributed by atoms with van der Waals surface area (Å²) in [5.74, 6) is 4.32. The Kier molecular flexibility index (Phi) is 0.633. The molecule has 0 N–H and O–H groups in total. The Labute approximate surface area is 56.0 Å². The van der Waals surface area contributed by atoms with Crippen LogP contribution in [0.5, 0.6) is 0 Å². The maximum Gasteiger partial charge on any atom is -0.0196 e. The summed E-state index contributed by atoms with van der Waals surface area (Å²) >= 11 is 0. The van der Waals surface area contributed by atoms with E-state index in [9.17, 15) is 0 Å². The van der Waals surface area contributed by atoms with Crippen molar-refractivity contribution in [3.63, 3.8) is 0 Å². The predicted octanol–water partition coefficient (Wildman–Crippen LogP) is 2.22. The molecule has 0 aromatic heterocycles. The Bertz CT molecular complexity index is 151. The van der Waals surface area contributed by atoms with E-state index in [1.807, 2.05) is 0 Å². The lowest BCUT2D eigenvalue weighted by Gasteiger charge is -2.37. The third-order valence-electron chi connectivity index (χ3n) is 3.63. The van der Waals surface area contributed by atoms with Crippen LogP contribution in [-0.4, -0.2) is 0 Å². The summed E-state index contributed by atoms with van der Waals surface area (Å²) < 4.78 is 0. The van der Waals surface area contributed by atoms with E-state index in [4.69, 9.17) is 0 Å². The summed E-state index contributed by atoms with van der Waals surface area (Å²) in [6.45, 7) is 0. The first-order valence-corrected chi connectivity index (χ1v) is 4.13. The van der Waals surface area contributed by atoms with Crippen LogP contribution in [0.4, 0.5) is 0 Å². The molecule has 3 aliphatic rings. The van der Waals surface area contributed by atoms with E-state index in [0.717, 1.165) is 23.7 Å². The first-order chi connectivity index (χ1) is 4.45. The molecule has 2 fully saturated rings. The first-order valence-electron chi connectivity index (χ1n) is 4.13. The van der Waals surface area contributed by atoms with Crippen LogP contribution in [0.3, 0.4) is 0 Å². The summed E-state index contributed by atoms with van der Waals surface area (Å²) in [6, 6.07) is 0. The Morgan fingerprint density at radius 3 is 1.78 bits per heavy atom.